The number of likely N-dealkylation sites (N-methyl/N-ethyl adjacent to an activating group) is 1. The van der Waals surface area contributed by atoms with Gasteiger partial charge in [0.05, 0.1) is 6.42 Å². The number of esters is 1. The molecule has 3 aliphatic rings. The number of carbonyl (C=O) groups is 16. The number of benzene rings is 2. The molecule has 0 bridgehead atoms. The number of nitrogens with one attached hydrogen (secondary N) is 11. The van der Waals surface area contributed by atoms with E-state index in [1.54, 1.807) is 98.0 Å². The summed E-state index contributed by atoms with van der Waals surface area (Å²) in [4.78, 5) is 237. The molecule has 644 valence electrons. The first-order chi connectivity index (χ1) is 54.7. The molecule has 14 amide bonds. The van der Waals surface area contributed by atoms with Crippen molar-refractivity contribution in [3.63, 3.8) is 0 Å². The molecule has 6 rings (SSSR count). The molecule has 2 aromatic carbocycles. The molecule has 3 saturated heterocycles. The van der Waals surface area contributed by atoms with E-state index in [9.17, 15) is 75.9 Å². The molecule has 3 aliphatic heterocycles. The van der Waals surface area contributed by atoms with Crippen LogP contribution in [-0.2, 0) is 98.0 Å². The van der Waals surface area contributed by atoms with Gasteiger partial charge < -0.3 is 105 Å². The summed E-state index contributed by atoms with van der Waals surface area (Å²) in [6.07, 6.45) is -4.41. The van der Waals surface area contributed by atoms with Gasteiger partial charge in [-0.25, -0.2) is 4.79 Å². The van der Waals surface area contributed by atoms with Crippen molar-refractivity contribution in [1.82, 2.24) is 72.9 Å². The van der Waals surface area contributed by atoms with E-state index in [2.05, 4.69) is 79.1 Å². The Morgan fingerprint density at radius 3 is 2.00 bits per heavy atom. The van der Waals surface area contributed by atoms with Crippen molar-refractivity contribution >= 4 is 138 Å². The number of ether oxygens (including phenoxy) is 1. The maximum atomic E-state index is 15.4. The number of aliphatic carboxylic acids is 1. The summed E-state index contributed by atoms with van der Waals surface area (Å²) in [5, 5.41) is 47.2. The number of aliphatic hydroxyl groups excluding tert-OH is 1. The quantitative estimate of drug-likeness (QED) is 0.00710. The Kier molecular flexibility index (Phi) is 33.9. The van der Waals surface area contributed by atoms with Gasteiger partial charge in [-0.1, -0.05) is 102 Å². The number of aromatic amines is 1. The van der Waals surface area contributed by atoms with Crippen LogP contribution in [0, 0.1) is 16.7 Å². The van der Waals surface area contributed by atoms with E-state index >= 15 is 24.0 Å². The van der Waals surface area contributed by atoms with E-state index in [0.717, 1.165) is 23.8 Å². The Labute approximate surface area is 684 Å². The van der Waals surface area contributed by atoms with Crippen LogP contribution in [0.3, 0.4) is 0 Å². The van der Waals surface area contributed by atoms with Crippen molar-refractivity contribution in [2.75, 3.05) is 32.4 Å². The number of amides is 14. The van der Waals surface area contributed by atoms with E-state index < -0.39 is 244 Å². The van der Waals surface area contributed by atoms with Crippen LogP contribution in [0.25, 0.3) is 10.9 Å². The SMILES string of the molecule is CCC(C)(C)C(NC(=O)C(NC(=O)[C@@H]1CCCN1C(=O)C(NC(=O)[C@@H](C)NC=O)C(O)c1ccc(Br)cc1)C(C)(C)C)C(=O)N[C@H](Cc1c[nH]c2ccccc12)C(=O)N[C@@H](CCCN=C(N)N)C(=O)N[C@H](CS(=O)(=O)O)C(=O)N[C@@H]1C(=O)N(C)[C@@H](CCC(N)=O)C(=O)N[C@H](C(C)C)C(=O)N2CCC[C@H]2C(=O)N[C@H](CC(=O)O)C(=O)O[C@@H]1C. The third-order valence-corrected chi connectivity index (χ3v) is 22.1. The van der Waals surface area contributed by atoms with Gasteiger partial charge in [0.15, 0.2) is 5.96 Å². The van der Waals surface area contributed by atoms with Gasteiger partial charge in [-0.2, -0.15) is 8.42 Å². The molecule has 117 heavy (non-hydrogen) atoms. The number of H-pyrrole nitrogens is 1. The highest BCUT2D eigenvalue weighted by Gasteiger charge is 2.48. The number of carboxylic acids is 1. The van der Waals surface area contributed by atoms with Gasteiger partial charge in [0.2, 0.25) is 83.2 Å². The van der Waals surface area contributed by atoms with Gasteiger partial charge >= 0.3 is 11.9 Å². The van der Waals surface area contributed by atoms with Crippen LogP contribution in [-0.4, -0.2) is 261 Å². The van der Waals surface area contributed by atoms with Gasteiger partial charge in [0.25, 0.3) is 10.1 Å². The summed E-state index contributed by atoms with van der Waals surface area (Å²) in [6.45, 7) is 15.0. The molecule has 1 aromatic heterocycles. The highest BCUT2D eigenvalue weighted by Crippen LogP contribution is 2.31. The average molecular weight is 1730 g/mol. The zero-order valence-electron chi connectivity index (χ0n) is 67.0. The third kappa shape index (κ3) is 26.3. The molecule has 20 N–H and O–H groups in total. The van der Waals surface area contributed by atoms with Gasteiger partial charge in [-0.3, -0.25) is 81.5 Å². The Morgan fingerprint density at radius 2 is 1.39 bits per heavy atom. The Morgan fingerprint density at radius 1 is 0.769 bits per heavy atom. The predicted molar refractivity (Wildman–Crippen MR) is 424 cm³/mol. The Balaban J connectivity index is 1.36. The van der Waals surface area contributed by atoms with Crippen molar-refractivity contribution in [3.8, 4) is 0 Å². The van der Waals surface area contributed by atoms with E-state index in [1.165, 1.54) is 19.1 Å². The molecule has 0 saturated carbocycles. The number of para-hydroxylation sites is 1. The number of hydrogen-bond donors (Lipinski definition) is 17. The first kappa shape index (κ1) is 95.0. The normalized spacial score (nSPS) is 21.2. The summed E-state index contributed by atoms with van der Waals surface area (Å²) < 4.78 is 42.8. The van der Waals surface area contributed by atoms with E-state index in [-0.39, 0.29) is 76.6 Å². The standard InChI is InChI=1S/C75H109BrN18O22S/c1-12-75(9,10)59(91-67(107)58(74(6,7)8)90-66(106)51-22-17-31-94(51)71(111)56(89-60(100)38(4)82-36-95)57(99)40-23-25-42(76)26-24-40)68(108)84-46(32-41-34-81-44-19-14-13-18-43(41)44)62(102)83-45(20-15-29-80-73(78)79)61(101)86-48(35-117(113,114)115)63(103)88-55-39(5)116-72(112)47(33-53(97)98)85-65(105)50-21-16-30-93(50)70(110)54(37(2)3)87-64(104)49(27-28-52(77)96)92(11)69(55)109/h13-14,18-19,23-26,34,36-39,45-51,54-59,81,99H,12,15-17,20-22,27-33,35H2,1-11H3,(H2,77,96)(H,82,95)(H,83,102)(H,84,108)(H,85,105)(H,86,101)(H,87,104)(H,88,103)(H,89,100)(H,90,106)(H,91,107)(H,97,98)(H4,78,79,80)(H,113,114,115)/t38-,39-,45+,46-,47-,48-,49+,50+,51+,54-,55+,56?,57?,58?,59?/m1/s1. The van der Waals surface area contributed by atoms with Crippen LogP contribution in [0.1, 0.15) is 151 Å². The molecule has 4 unspecified atom stereocenters. The fraction of sp³-hybridized carbons (Fsp3) is 0.587. The second-order valence-corrected chi connectivity index (χ2v) is 33.8. The van der Waals surface area contributed by atoms with E-state index in [0.29, 0.717) is 25.8 Å². The molecule has 0 radical (unpaired) electrons. The topological polar surface area (TPSA) is 613 Å². The maximum Gasteiger partial charge on any atom is 0.329 e. The van der Waals surface area contributed by atoms with Crippen molar-refractivity contribution < 1.29 is 105 Å². The average Bonchev–Trinajstić information content (AvgIpc) is 1.80. The number of halogens is 1. The second kappa shape index (κ2) is 41.8. The molecular weight excluding hydrogens is 1620 g/mol. The van der Waals surface area contributed by atoms with Crippen LogP contribution in [0.5, 0.6) is 0 Å². The summed E-state index contributed by atoms with van der Waals surface area (Å²) >= 11 is 3.33. The number of nitrogens with two attached hydrogens (primary N) is 3. The zero-order valence-corrected chi connectivity index (χ0v) is 69.4. The smallest absolute Gasteiger partial charge is 0.329 e. The largest absolute Gasteiger partial charge is 0.481 e. The van der Waals surface area contributed by atoms with Crippen molar-refractivity contribution in [1.29, 1.82) is 0 Å². The molecule has 15 atom stereocenters. The number of aliphatic imine (C=N–C) groups is 1. The van der Waals surface area contributed by atoms with Gasteiger partial charge in [-0.15, -0.1) is 0 Å². The van der Waals surface area contributed by atoms with Gasteiger partial charge in [0, 0.05) is 61.1 Å². The lowest BCUT2D eigenvalue weighted by Crippen LogP contribution is -2.64. The van der Waals surface area contributed by atoms with E-state index in [1.807, 2.05) is 0 Å². The summed E-state index contributed by atoms with van der Waals surface area (Å²) in [7, 11) is -4.41. The zero-order chi connectivity index (χ0) is 87.5. The van der Waals surface area contributed by atoms with Gasteiger partial charge in [0.1, 0.15) is 96.5 Å². The molecule has 42 heteroatoms. The number of aliphatic hydroxyl groups is 1. The predicted octanol–water partition coefficient (Wildman–Crippen LogP) is -2.72. The third-order valence-electron chi connectivity index (χ3n) is 20.8. The number of hydrogen-bond acceptors (Lipinski definition) is 21. The highest BCUT2D eigenvalue weighted by molar-refractivity contribution is 9.10. The van der Waals surface area contributed by atoms with Crippen molar-refractivity contribution in [3.05, 3.63) is 70.3 Å². The maximum absolute atomic E-state index is 15.4. The summed E-state index contributed by atoms with van der Waals surface area (Å²) in [6, 6.07) is -9.16. The van der Waals surface area contributed by atoms with Crippen LogP contribution >= 0.6 is 15.9 Å². The number of carboxylic acid groups (broad SMARTS) is 1. The van der Waals surface area contributed by atoms with Crippen molar-refractivity contribution in [2.24, 2.45) is 38.9 Å². The number of cyclic esters (lactones) is 1. The van der Waals surface area contributed by atoms with Crippen LogP contribution in [0.15, 0.2) is 64.2 Å². The minimum atomic E-state index is -5.42. The fourth-order valence-electron chi connectivity index (χ4n) is 13.7. The molecule has 3 fully saturated rings. The minimum Gasteiger partial charge on any atom is -0.481 e. The minimum absolute atomic E-state index is 0.0131. The first-order valence-electron chi connectivity index (χ1n) is 38.2. The lowest BCUT2D eigenvalue weighted by Gasteiger charge is -2.38. The molecule has 3 aromatic rings. The molecule has 40 nitrogen and oxygen atoms in total. The van der Waals surface area contributed by atoms with Crippen molar-refractivity contribution in [2.45, 2.75) is 231 Å². The number of nitrogens with zero attached hydrogens (tertiary/aromatic N) is 4. The molecule has 0 spiro atoms. The molecule has 4 heterocycles. The Hall–Kier alpha value is -10.9. The summed E-state index contributed by atoms with van der Waals surface area (Å²) in [5.74, 6) is -19.8. The lowest BCUT2D eigenvalue weighted by molar-refractivity contribution is -0.161. The fourth-order valence-corrected chi connectivity index (χ4v) is 14.6. The molecular formula is C75H109BrN18O22S. The second-order valence-electron chi connectivity index (χ2n) is 31.4. The summed E-state index contributed by atoms with van der Waals surface area (Å²) in [5.41, 5.74) is 15.6. The van der Waals surface area contributed by atoms with Gasteiger partial charge in [-0.05, 0) is 111 Å². The van der Waals surface area contributed by atoms with Crippen LogP contribution < -0.4 is 70.4 Å². The molecule has 0 aliphatic carbocycles. The first-order valence-corrected chi connectivity index (χ1v) is 40.6. The number of likely N-dealkylation sites (tertiary alicyclic amines) is 1. The van der Waals surface area contributed by atoms with Crippen LogP contribution in [0.2, 0.25) is 0 Å². The highest BCUT2D eigenvalue weighted by atomic mass is 79.9. The van der Waals surface area contributed by atoms with Crippen LogP contribution in [0.4, 0.5) is 0 Å². The Bertz CT molecular complexity index is 4320. The lowest BCUT2D eigenvalue weighted by atomic mass is 9.80. The number of fused-ring (bicyclic) bond motifs is 2. The number of carbonyl (C=O) groups excluding carboxylic acids is 15. The number of aromatic nitrogens is 1. The number of rotatable bonds is 35. The number of guanidine groups is 1. The van der Waals surface area contributed by atoms with E-state index in [4.69, 9.17) is 21.9 Å². The number of primary amides is 1. The monoisotopic (exact) mass is 1720 g/mol.